The number of oxazole rings is 1. The number of alkyl halides is 2. The van der Waals surface area contributed by atoms with Gasteiger partial charge in [-0.15, -0.1) is 0 Å². The third kappa shape index (κ3) is 16.9. The van der Waals surface area contributed by atoms with Crippen LogP contribution in [0.5, 0.6) is 5.75 Å². The van der Waals surface area contributed by atoms with Gasteiger partial charge in [-0.05, 0) is 191 Å². The van der Waals surface area contributed by atoms with Gasteiger partial charge in [-0.2, -0.15) is 10.2 Å². The number of benzene rings is 5. The second-order valence-electron chi connectivity index (χ2n) is 32.7. The summed E-state index contributed by atoms with van der Waals surface area (Å²) in [4.78, 5) is 71.0. The molecule has 2 bridgehead atoms. The zero-order valence-corrected chi connectivity index (χ0v) is 65.4. The molecule has 18 rings (SSSR count). The van der Waals surface area contributed by atoms with E-state index in [1.807, 2.05) is 88.9 Å². The van der Waals surface area contributed by atoms with E-state index in [1.165, 1.54) is 48.1 Å². The summed E-state index contributed by atoms with van der Waals surface area (Å²) < 4.78 is 99.2. The van der Waals surface area contributed by atoms with Gasteiger partial charge in [-0.3, -0.25) is 53.8 Å². The van der Waals surface area contributed by atoms with Gasteiger partial charge < -0.3 is 23.9 Å². The zero-order chi connectivity index (χ0) is 79.1. The van der Waals surface area contributed by atoms with Crippen LogP contribution in [0.2, 0.25) is 0 Å². The molecule has 19 nitrogen and oxygen atoms in total. The lowest BCUT2D eigenvalue weighted by Crippen LogP contribution is -2.47. The van der Waals surface area contributed by atoms with E-state index in [0.717, 1.165) is 168 Å². The highest BCUT2D eigenvalue weighted by Gasteiger charge is 2.45. The predicted octanol–water partition coefficient (Wildman–Crippen LogP) is 14.9. The van der Waals surface area contributed by atoms with E-state index in [9.17, 15) is 40.7 Å². The van der Waals surface area contributed by atoms with Crippen molar-refractivity contribution >= 4 is 51.1 Å². The van der Waals surface area contributed by atoms with E-state index in [-0.39, 0.29) is 73.4 Å². The summed E-state index contributed by atoms with van der Waals surface area (Å²) in [6, 6.07) is 32.7. The number of rotatable bonds is 17. The first-order valence-corrected chi connectivity index (χ1v) is 40.3. The normalized spacial score (nSPS) is 21.9. The van der Waals surface area contributed by atoms with Gasteiger partial charge in [0, 0.05) is 198 Å². The number of methoxy groups -OCH3 is 1. The molecule has 5 unspecified atom stereocenters. The quantitative estimate of drug-likeness (QED) is 0.0850. The molecule has 5 aromatic carbocycles. The molecule has 0 radical (unpaired) electrons. The number of halogens is 6. The number of fused-ring (bicyclic) bond motifs is 5. The second kappa shape index (κ2) is 33.4. The standard InChI is InChI=1S/C31H34FN5O.C30H35F3N4O2.C28H29F2N5O2/c1-35-28-10-7-21(14-24(28)17-34-35)31-26-19-36(13-12-22(26)16-33-31)30(38)15-20-6-8-25-9-11-29(20)37(25)18-23-4-2-3-5-27(23)32;1-19-11-21(7-9-34-19)29-24-18-37(10-8-22(24)14-35-29)28(38)13-20-12-23(30(2,32)33)16-36(15-20)17-25-26(31)5-4-6-27(25)39-3;1-17-31-25-13-19(7-8-26(25)37-17)28-21-16-35(11-9-24(21)32-33-28)27(36)12-18-4-3-10-34(14-18)15-20-22(29)5-2-6-23(20)30/h2-5,7,10,14,17,20,25,29H,6,8-9,11-13,15-16,18-19H2,1H3;4-7,9,11,20,23H,8,10,12-18H2,1-3H3;2,5-8,13,18H,3-4,9-12,14-16H2,1H3,(H,32,33)/t;;18-/m..0/s1. The average molecular weight is 1560 g/mol. The SMILES string of the molecule is COc1cccc(F)c1CN1CC(CC(=O)N2CCC3=C(C2)C(c2ccnc(C)c2)=NC3)CC(C(C)(F)F)C1.Cc1nc2cc(-c3n[nH]c4c3CN(C(=O)C[C@@H]3CCCN(Cc5c(F)cccc5F)C3)CC4)ccc2o1.Cn1ncc2cc(C3=NCC4=C3CN(C(=O)CC3CCC5CCC3N5Cc3ccccc3F)CC4)ccc21. The molecule has 9 aliphatic heterocycles. The summed E-state index contributed by atoms with van der Waals surface area (Å²) in [5.41, 5.74) is 17.7. The van der Waals surface area contributed by atoms with Crippen molar-refractivity contribution in [2.45, 2.75) is 148 Å². The molecule has 13 heterocycles. The number of carbonyl (C=O) groups is 3. The Balaban J connectivity index is 0.000000129. The topological polar surface area (TPSA) is 190 Å². The zero-order valence-electron chi connectivity index (χ0n) is 65.4. The number of aromatic nitrogens is 6. The van der Waals surface area contributed by atoms with Crippen LogP contribution in [0.1, 0.15) is 135 Å². The molecule has 9 aromatic rings. The first-order chi connectivity index (χ1) is 55.1. The molecule has 4 aromatic heterocycles. The lowest BCUT2D eigenvalue weighted by molar-refractivity contribution is -0.134. The third-order valence-electron chi connectivity index (χ3n) is 25.1. The average Bonchev–Trinajstić information content (AvgIpc) is 1.64. The number of carbonyl (C=O) groups excluding carboxylic acids is 3. The van der Waals surface area contributed by atoms with Crippen LogP contribution < -0.4 is 4.74 Å². The van der Waals surface area contributed by atoms with Crippen LogP contribution in [0, 0.1) is 60.8 Å². The second-order valence-corrected chi connectivity index (χ2v) is 32.7. The monoisotopic (exact) mass is 1560 g/mol. The summed E-state index contributed by atoms with van der Waals surface area (Å²) in [6.07, 6.45) is 13.8. The number of aliphatic imine (C=N–C) groups is 2. The molecule has 6 atom stereocenters. The number of aryl methyl sites for hydroxylation is 3. The van der Waals surface area contributed by atoms with E-state index in [2.05, 4.69) is 58.2 Å². The first kappa shape index (κ1) is 77.8. The van der Waals surface area contributed by atoms with Crippen molar-refractivity contribution in [3.8, 4) is 17.0 Å². The Bertz CT molecular complexity index is 5230. The molecule has 9 aliphatic rings. The minimum atomic E-state index is -2.90. The first-order valence-electron chi connectivity index (χ1n) is 40.3. The number of amides is 3. The van der Waals surface area contributed by atoms with Gasteiger partial charge in [0.05, 0.1) is 49.0 Å². The van der Waals surface area contributed by atoms with Crippen molar-refractivity contribution < 1.29 is 49.9 Å². The van der Waals surface area contributed by atoms with Gasteiger partial charge in [0.15, 0.2) is 11.5 Å². The van der Waals surface area contributed by atoms with Crippen LogP contribution >= 0.6 is 0 Å². The van der Waals surface area contributed by atoms with Crippen molar-refractivity contribution in [2.75, 3.05) is 79.1 Å². The van der Waals surface area contributed by atoms with Crippen molar-refractivity contribution in [2.24, 2.45) is 40.7 Å². The van der Waals surface area contributed by atoms with Crippen LogP contribution in [0.4, 0.5) is 26.3 Å². The van der Waals surface area contributed by atoms with Gasteiger partial charge in [0.1, 0.15) is 34.5 Å². The summed E-state index contributed by atoms with van der Waals surface area (Å²) in [5, 5.41) is 13.2. The van der Waals surface area contributed by atoms with Crippen molar-refractivity contribution in [1.82, 2.24) is 59.3 Å². The highest BCUT2D eigenvalue weighted by atomic mass is 19.3. The lowest BCUT2D eigenvalue weighted by Gasteiger charge is -2.41. The Morgan fingerprint density at radius 3 is 2.02 bits per heavy atom. The summed E-state index contributed by atoms with van der Waals surface area (Å²) in [7, 11) is 3.42. The number of piperidine rings is 3. The molecule has 114 heavy (non-hydrogen) atoms. The Hall–Kier alpha value is -10.1. The Kier molecular flexibility index (Phi) is 22.8. The van der Waals surface area contributed by atoms with Crippen molar-refractivity contribution in [1.29, 1.82) is 0 Å². The number of H-pyrrole nitrogens is 1. The Morgan fingerprint density at radius 1 is 0.640 bits per heavy atom. The van der Waals surface area contributed by atoms with E-state index in [4.69, 9.17) is 19.1 Å². The lowest BCUT2D eigenvalue weighted by atomic mass is 9.83. The molecule has 0 saturated carbocycles. The number of likely N-dealkylation sites (tertiary alicyclic amines) is 2. The predicted molar refractivity (Wildman–Crippen MR) is 425 cm³/mol. The summed E-state index contributed by atoms with van der Waals surface area (Å²) in [5.74, 6) is -3.81. The van der Waals surface area contributed by atoms with Gasteiger partial charge in [0.2, 0.25) is 23.6 Å². The number of hydrogen-bond acceptors (Lipinski definition) is 14. The minimum absolute atomic E-state index is 0.0350. The molecular weight excluding hydrogens is 1460 g/mol. The fourth-order valence-electron chi connectivity index (χ4n) is 19.1. The van der Waals surface area contributed by atoms with Crippen LogP contribution in [-0.4, -0.2) is 186 Å². The number of hydrogen-bond donors (Lipinski definition) is 1. The smallest absolute Gasteiger partial charge is 0.249 e. The van der Waals surface area contributed by atoms with Gasteiger partial charge in [0.25, 0.3) is 0 Å². The van der Waals surface area contributed by atoms with E-state index >= 15 is 0 Å². The van der Waals surface area contributed by atoms with Crippen molar-refractivity contribution in [3.63, 3.8) is 0 Å². The Morgan fingerprint density at radius 2 is 1.29 bits per heavy atom. The molecule has 3 amide bonds. The van der Waals surface area contributed by atoms with Crippen LogP contribution in [-0.2, 0) is 54.0 Å². The highest BCUT2D eigenvalue weighted by molar-refractivity contribution is 6.16. The van der Waals surface area contributed by atoms with Gasteiger partial charge in [-0.1, -0.05) is 36.4 Å². The van der Waals surface area contributed by atoms with E-state index < -0.39 is 29.3 Å². The minimum Gasteiger partial charge on any atom is -0.496 e. The Labute approximate surface area is 660 Å². The van der Waals surface area contributed by atoms with Crippen LogP contribution in [0.15, 0.2) is 158 Å². The molecule has 1 N–H and O–H groups in total. The van der Waals surface area contributed by atoms with Gasteiger partial charge in [-0.25, -0.2) is 31.3 Å². The van der Waals surface area contributed by atoms with E-state index in [1.54, 1.807) is 30.5 Å². The number of aromatic amines is 1. The molecule has 4 saturated heterocycles. The molecule has 596 valence electrons. The fraction of sp³-hybridized carbons (Fsp3) is 0.449. The van der Waals surface area contributed by atoms with E-state index in [0.29, 0.717) is 107 Å². The van der Waals surface area contributed by atoms with Crippen LogP contribution in [0.3, 0.4) is 0 Å². The number of ether oxygens (including phenoxy) is 1. The third-order valence-corrected chi connectivity index (χ3v) is 25.1. The van der Waals surface area contributed by atoms with Gasteiger partial charge >= 0.3 is 0 Å². The maximum atomic E-state index is 14.6. The number of nitrogens with zero attached hydrogens (tertiary/aromatic N) is 13. The molecule has 4 fully saturated rings. The molecule has 0 aliphatic carbocycles. The largest absolute Gasteiger partial charge is 0.496 e. The maximum Gasteiger partial charge on any atom is 0.249 e. The number of nitrogens with one attached hydrogen (secondary N) is 1. The maximum absolute atomic E-state index is 14.6. The number of pyridine rings is 1. The highest BCUT2D eigenvalue weighted by Crippen LogP contribution is 2.44. The summed E-state index contributed by atoms with van der Waals surface area (Å²) >= 11 is 0. The molecule has 0 spiro atoms. The van der Waals surface area contributed by atoms with Crippen molar-refractivity contribution in [3.05, 3.63) is 218 Å². The molecule has 25 heteroatoms. The summed E-state index contributed by atoms with van der Waals surface area (Å²) in [6.45, 7) is 12.8. The molecular formula is C89H98F6N14O5. The fourth-order valence-corrected chi connectivity index (χ4v) is 19.1. The van der Waals surface area contributed by atoms with Crippen LogP contribution in [0.25, 0.3) is 33.3 Å².